The summed E-state index contributed by atoms with van der Waals surface area (Å²) in [6.45, 7) is 3.65. The highest BCUT2D eigenvalue weighted by atomic mass is 16.2. The fraction of sp³-hybridized carbons (Fsp3) is 0.500. The van der Waals surface area contributed by atoms with Gasteiger partial charge in [0.15, 0.2) is 0 Å². The van der Waals surface area contributed by atoms with E-state index in [0.29, 0.717) is 12.1 Å². The Morgan fingerprint density at radius 1 is 1.38 bits per heavy atom. The van der Waals surface area contributed by atoms with Crippen LogP contribution in [0.4, 0.5) is 0 Å². The molecule has 0 radical (unpaired) electrons. The van der Waals surface area contributed by atoms with Crippen LogP contribution in [0.25, 0.3) is 0 Å². The number of nitrogens with two attached hydrogens (primary N) is 1. The van der Waals surface area contributed by atoms with Crippen LogP contribution in [0.2, 0.25) is 0 Å². The molecule has 0 spiro atoms. The van der Waals surface area contributed by atoms with Crippen molar-refractivity contribution < 1.29 is 0 Å². The van der Waals surface area contributed by atoms with Crippen LogP contribution in [0.15, 0.2) is 15.7 Å². The second kappa shape index (κ2) is 3.18. The van der Waals surface area contributed by atoms with Crippen LogP contribution in [0.5, 0.6) is 0 Å². The van der Waals surface area contributed by atoms with Gasteiger partial charge in [0, 0.05) is 23.7 Å². The van der Waals surface area contributed by atoms with Gasteiger partial charge in [0.25, 0.3) is 5.56 Å². The molecule has 0 aromatic carbocycles. The van der Waals surface area contributed by atoms with Crippen LogP contribution < -0.4 is 17.0 Å². The van der Waals surface area contributed by atoms with E-state index in [2.05, 4.69) is 9.97 Å². The van der Waals surface area contributed by atoms with E-state index in [1.807, 2.05) is 13.8 Å². The highest BCUT2D eigenvalue weighted by Crippen LogP contribution is 2.03. The fourth-order valence-corrected chi connectivity index (χ4v) is 1.11. The van der Waals surface area contributed by atoms with Crippen molar-refractivity contribution in [1.29, 1.82) is 0 Å². The molecule has 0 atom stereocenters. The van der Waals surface area contributed by atoms with E-state index in [4.69, 9.17) is 5.73 Å². The van der Waals surface area contributed by atoms with Gasteiger partial charge >= 0.3 is 5.69 Å². The molecule has 0 saturated carbocycles. The lowest BCUT2D eigenvalue weighted by Crippen LogP contribution is -2.36. The third-order valence-electron chi connectivity index (χ3n) is 1.46. The molecule has 1 aromatic rings. The molecule has 0 unspecified atom stereocenters. The Hall–Kier alpha value is -1.36. The Bertz CT molecular complexity index is 369. The smallest absolute Gasteiger partial charge is 0.325 e. The number of hydrogen-bond acceptors (Lipinski definition) is 3. The number of hydrogen-bond donors (Lipinski definition) is 3. The van der Waals surface area contributed by atoms with Crippen molar-refractivity contribution in [3.8, 4) is 0 Å². The fourth-order valence-electron chi connectivity index (χ4n) is 1.11. The predicted molar refractivity (Wildman–Crippen MR) is 49.7 cm³/mol. The Balaban J connectivity index is 3.03. The van der Waals surface area contributed by atoms with Gasteiger partial charge in [0.1, 0.15) is 0 Å². The summed E-state index contributed by atoms with van der Waals surface area (Å²) in [7, 11) is 0. The lowest BCUT2D eigenvalue weighted by molar-refractivity contribution is 0.508. The van der Waals surface area contributed by atoms with Crippen molar-refractivity contribution in [2.75, 3.05) is 0 Å². The van der Waals surface area contributed by atoms with Crippen LogP contribution in [0.1, 0.15) is 19.5 Å². The first-order valence-corrected chi connectivity index (χ1v) is 3.98. The number of aromatic amines is 2. The minimum atomic E-state index is -0.494. The minimum Gasteiger partial charge on any atom is -0.325 e. The van der Waals surface area contributed by atoms with Crippen molar-refractivity contribution in [1.82, 2.24) is 9.97 Å². The van der Waals surface area contributed by atoms with Gasteiger partial charge < -0.3 is 10.7 Å². The molecule has 0 saturated heterocycles. The molecule has 0 aliphatic rings. The molecule has 1 rings (SSSR count). The first-order chi connectivity index (χ1) is 5.87. The minimum absolute atomic E-state index is 0.400. The Kier molecular flexibility index (Phi) is 2.38. The molecule has 72 valence electrons. The first-order valence-electron chi connectivity index (χ1n) is 3.98. The van der Waals surface area contributed by atoms with Gasteiger partial charge in [-0.15, -0.1) is 0 Å². The maximum atomic E-state index is 10.9. The molecule has 13 heavy (non-hydrogen) atoms. The molecule has 0 amide bonds. The maximum absolute atomic E-state index is 10.9. The standard InChI is InChI=1S/C8H13N3O2/c1-8(2,9)4-5-3-6(12)11-7(13)10-5/h3H,4,9H2,1-2H3,(H2,10,11,12,13). The predicted octanol–water partition coefficient (Wildman–Crippen LogP) is -0.657. The number of nitrogens with one attached hydrogen (secondary N) is 2. The third-order valence-corrected chi connectivity index (χ3v) is 1.46. The topological polar surface area (TPSA) is 91.7 Å². The SMILES string of the molecule is CC(C)(N)Cc1cc(=O)[nH]c(=O)[nH]1. The highest BCUT2D eigenvalue weighted by Gasteiger charge is 2.12. The Labute approximate surface area is 75.0 Å². The molecule has 1 aromatic heterocycles. The van der Waals surface area contributed by atoms with E-state index < -0.39 is 16.8 Å². The molecule has 1 heterocycles. The molecule has 4 N–H and O–H groups in total. The molecule has 0 aliphatic heterocycles. The van der Waals surface area contributed by atoms with E-state index >= 15 is 0 Å². The van der Waals surface area contributed by atoms with Crippen LogP contribution in [-0.4, -0.2) is 15.5 Å². The van der Waals surface area contributed by atoms with Gasteiger partial charge in [0.05, 0.1) is 0 Å². The molecule has 0 fully saturated rings. The highest BCUT2D eigenvalue weighted by molar-refractivity contribution is 5.02. The first kappa shape index (κ1) is 9.73. The summed E-state index contributed by atoms with van der Waals surface area (Å²) in [6, 6.07) is 1.34. The molecule has 5 nitrogen and oxygen atoms in total. The van der Waals surface area contributed by atoms with Crippen LogP contribution in [0.3, 0.4) is 0 Å². The lowest BCUT2D eigenvalue weighted by atomic mass is 10.0. The van der Waals surface area contributed by atoms with Crippen molar-refractivity contribution in [3.05, 3.63) is 32.6 Å². The largest absolute Gasteiger partial charge is 0.325 e. The van der Waals surface area contributed by atoms with Crippen LogP contribution >= 0.6 is 0 Å². The quantitative estimate of drug-likeness (QED) is 0.568. The van der Waals surface area contributed by atoms with Crippen LogP contribution in [0, 0.1) is 0 Å². The molecule has 0 aliphatic carbocycles. The zero-order valence-corrected chi connectivity index (χ0v) is 7.68. The van der Waals surface area contributed by atoms with E-state index in [1.165, 1.54) is 6.07 Å². The zero-order chi connectivity index (χ0) is 10.1. The van der Waals surface area contributed by atoms with Crippen molar-refractivity contribution in [2.45, 2.75) is 25.8 Å². The van der Waals surface area contributed by atoms with Crippen molar-refractivity contribution in [3.63, 3.8) is 0 Å². The van der Waals surface area contributed by atoms with Gasteiger partial charge in [-0.3, -0.25) is 9.78 Å². The summed E-state index contributed by atoms with van der Waals surface area (Å²) in [5.41, 5.74) is 4.96. The lowest BCUT2D eigenvalue weighted by Gasteiger charge is -2.17. The second-order valence-electron chi connectivity index (χ2n) is 3.78. The summed E-state index contributed by atoms with van der Waals surface area (Å²) in [6.07, 6.45) is 0.464. The van der Waals surface area contributed by atoms with Crippen molar-refractivity contribution >= 4 is 0 Å². The summed E-state index contributed by atoms with van der Waals surface area (Å²) in [4.78, 5) is 26.3. The summed E-state index contributed by atoms with van der Waals surface area (Å²) in [5.74, 6) is 0. The maximum Gasteiger partial charge on any atom is 0.325 e. The third kappa shape index (κ3) is 3.25. The molecular weight excluding hydrogens is 170 g/mol. The van der Waals surface area contributed by atoms with Gasteiger partial charge in [0.2, 0.25) is 0 Å². The van der Waals surface area contributed by atoms with Crippen LogP contribution in [-0.2, 0) is 6.42 Å². The van der Waals surface area contributed by atoms with Gasteiger partial charge in [-0.05, 0) is 13.8 Å². The normalized spacial score (nSPS) is 11.6. The number of H-pyrrole nitrogens is 2. The molecule has 5 heteroatoms. The molecular formula is C8H13N3O2. The Morgan fingerprint density at radius 2 is 2.00 bits per heavy atom. The van der Waals surface area contributed by atoms with Gasteiger partial charge in [-0.2, -0.15) is 0 Å². The van der Waals surface area contributed by atoms with E-state index in [9.17, 15) is 9.59 Å². The van der Waals surface area contributed by atoms with E-state index in [-0.39, 0.29) is 0 Å². The number of aromatic nitrogens is 2. The summed E-state index contributed by atoms with van der Waals surface area (Å²) < 4.78 is 0. The van der Waals surface area contributed by atoms with Gasteiger partial charge in [-0.1, -0.05) is 0 Å². The zero-order valence-electron chi connectivity index (χ0n) is 7.68. The van der Waals surface area contributed by atoms with Gasteiger partial charge in [-0.25, -0.2) is 4.79 Å². The molecule has 0 bridgehead atoms. The summed E-state index contributed by atoms with van der Waals surface area (Å²) in [5, 5.41) is 0. The average molecular weight is 183 g/mol. The number of rotatable bonds is 2. The summed E-state index contributed by atoms with van der Waals surface area (Å²) >= 11 is 0. The van der Waals surface area contributed by atoms with Crippen molar-refractivity contribution in [2.24, 2.45) is 5.73 Å². The van der Waals surface area contributed by atoms with E-state index in [0.717, 1.165) is 0 Å². The Morgan fingerprint density at radius 3 is 2.46 bits per heavy atom. The average Bonchev–Trinajstić information content (AvgIpc) is 1.78. The monoisotopic (exact) mass is 183 g/mol. The second-order valence-corrected chi connectivity index (χ2v) is 3.78. The van der Waals surface area contributed by atoms with E-state index in [1.54, 1.807) is 0 Å².